The summed E-state index contributed by atoms with van der Waals surface area (Å²) in [6, 6.07) is 7.73. The molecule has 1 unspecified atom stereocenters. The smallest absolute Gasteiger partial charge is 0.249 e. The molecule has 0 bridgehead atoms. The Labute approximate surface area is 117 Å². The van der Waals surface area contributed by atoms with Gasteiger partial charge >= 0.3 is 0 Å². The molecule has 0 aliphatic carbocycles. The van der Waals surface area contributed by atoms with E-state index in [0.29, 0.717) is 13.2 Å². The van der Waals surface area contributed by atoms with Crippen molar-refractivity contribution in [2.75, 3.05) is 6.61 Å². The zero-order valence-electron chi connectivity index (χ0n) is 11.4. The van der Waals surface area contributed by atoms with E-state index in [4.69, 9.17) is 4.74 Å². The van der Waals surface area contributed by atoms with Crippen molar-refractivity contribution < 1.29 is 9.53 Å². The van der Waals surface area contributed by atoms with Crippen LogP contribution in [0.15, 0.2) is 24.3 Å². The molecule has 20 heavy (non-hydrogen) atoms. The van der Waals surface area contributed by atoms with Crippen LogP contribution in [0, 0.1) is 6.92 Å². The fraction of sp³-hybridized carbons (Fsp3) is 0.400. The molecule has 2 heterocycles. The van der Waals surface area contributed by atoms with Gasteiger partial charge in [-0.2, -0.15) is 0 Å². The largest absolute Gasteiger partial charge is 0.368 e. The molecule has 2 aromatic rings. The van der Waals surface area contributed by atoms with Gasteiger partial charge in [-0.25, -0.2) is 9.97 Å². The van der Waals surface area contributed by atoms with Crippen LogP contribution in [0.2, 0.25) is 0 Å². The van der Waals surface area contributed by atoms with Crippen molar-refractivity contribution in [3.8, 4) is 0 Å². The summed E-state index contributed by atoms with van der Waals surface area (Å²) in [5, 5.41) is 2.88. The molecule has 1 N–H and O–H groups in total. The number of nitrogens with one attached hydrogen (secondary N) is 1. The fourth-order valence-electron chi connectivity index (χ4n) is 2.36. The first-order valence-electron chi connectivity index (χ1n) is 6.85. The number of hydrogen-bond donors (Lipinski definition) is 1. The molecule has 0 radical (unpaired) electrons. The zero-order valence-corrected chi connectivity index (χ0v) is 11.4. The van der Waals surface area contributed by atoms with Crippen molar-refractivity contribution in [3.05, 3.63) is 35.7 Å². The van der Waals surface area contributed by atoms with Gasteiger partial charge in [0.05, 0.1) is 29.0 Å². The zero-order chi connectivity index (χ0) is 13.9. The van der Waals surface area contributed by atoms with Gasteiger partial charge in [-0.1, -0.05) is 12.1 Å². The van der Waals surface area contributed by atoms with Gasteiger partial charge in [-0.3, -0.25) is 4.79 Å². The maximum atomic E-state index is 11.9. The Hall–Kier alpha value is -2.01. The van der Waals surface area contributed by atoms with E-state index in [1.165, 1.54) is 0 Å². The molecule has 1 aromatic carbocycles. The number of fused-ring (bicyclic) bond motifs is 1. The van der Waals surface area contributed by atoms with Crippen LogP contribution in [-0.4, -0.2) is 28.6 Å². The summed E-state index contributed by atoms with van der Waals surface area (Å²) in [5.41, 5.74) is 3.37. The average Bonchev–Trinajstić information content (AvgIpc) is 2.99. The van der Waals surface area contributed by atoms with Crippen molar-refractivity contribution in [2.24, 2.45) is 0 Å². The molecule has 1 aliphatic rings. The van der Waals surface area contributed by atoms with E-state index in [1.54, 1.807) is 0 Å². The molecule has 1 atom stereocenters. The number of para-hydroxylation sites is 2. The van der Waals surface area contributed by atoms with Crippen LogP contribution < -0.4 is 5.32 Å². The molecular formula is C15H17N3O2. The van der Waals surface area contributed by atoms with Gasteiger partial charge in [-0.15, -0.1) is 0 Å². The van der Waals surface area contributed by atoms with Crippen LogP contribution in [0.25, 0.3) is 11.0 Å². The Kier molecular flexibility index (Phi) is 3.60. The van der Waals surface area contributed by atoms with Gasteiger partial charge in [0, 0.05) is 6.61 Å². The molecule has 1 aromatic heterocycles. The minimum Gasteiger partial charge on any atom is -0.368 e. The predicted molar refractivity (Wildman–Crippen MR) is 75.1 cm³/mol. The molecule has 1 fully saturated rings. The van der Waals surface area contributed by atoms with Gasteiger partial charge in [0.1, 0.15) is 6.10 Å². The van der Waals surface area contributed by atoms with Gasteiger partial charge < -0.3 is 10.1 Å². The van der Waals surface area contributed by atoms with Crippen LogP contribution in [0.4, 0.5) is 0 Å². The lowest BCUT2D eigenvalue weighted by Crippen LogP contribution is -2.34. The molecule has 3 rings (SSSR count). The number of amides is 1. The van der Waals surface area contributed by atoms with Crippen molar-refractivity contribution in [3.63, 3.8) is 0 Å². The molecule has 0 spiro atoms. The third-order valence-corrected chi connectivity index (χ3v) is 3.50. The highest BCUT2D eigenvalue weighted by atomic mass is 16.5. The topological polar surface area (TPSA) is 64.1 Å². The second-order valence-electron chi connectivity index (χ2n) is 4.96. The van der Waals surface area contributed by atoms with E-state index in [1.807, 2.05) is 31.2 Å². The Bertz CT molecular complexity index is 636. The second-order valence-corrected chi connectivity index (χ2v) is 4.96. The minimum absolute atomic E-state index is 0.0585. The third-order valence-electron chi connectivity index (χ3n) is 3.50. The number of carbonyl (C=O) groups excluding carboxylic acids is 1. The standard InChI is InChI=1S/C15H17N3O2/c1-10-13(9-16-15(19)14-7-4-8-20-14)18-12-6-3-2-5-11(12)17-10/h2-3,5-6,14H,4,7-9H2,1H3,(H,16,19). The summed E-state index contributed by atoms with van der Waals surface area (Å²) in [6.45, 7) is 2.97. The first-order chi connectivity index (χ1) is 9.74. The summed E-state index contributed by atoms with van der Waals surface area (Å²) in [7, 11) is 0. The first kappa shape index (κ1) is 13.0. The quantitative estimate of drug-likeness (QED) is 0.923. The molecule has 1 aliphatic heterocycles. The maximum absolute atomic E-state index is 11.9. The highest BCUT2D eigenvalue weighted by Gasteiger charge is 2.23. The molecular weight excluding hydrogens is 254 g/mol. The SMILES string of the molecule is Cc1nc2ccccc2nc1CNC(=O)C1CCCO1. The van der Waals surface area contributed by atoms with Crippen LogP contribution in [-0.2, 0) is 16.1 Å². The molecule has 5 heteroatoms. The highest BCUT2D eigenvalue weighted by Crippen LogP contribution is 2.14. The number of aryl methyl sites for hydroxylation is 1. The summed E-state index contributed by atoms with van der Waals surface area (Å²) >= 11 is 0. The van der Waals surface area contributed by atoms with Gasteiger partial charge in [0.25, 0.3) is 0 Å². The lowest BCUT2D eigenvalue weighted by atomic mass is 10.2. The van der Waals surface area contributed by atoms with E-state index in [2.05, 4.69) is 15.3 Å². The highest BCUT2D eigenvalue weighted by molar-refractivity contribution is 5.81. The number of hydrogen-bond acceptors (Lipinski definition) is 4. The summed E-state index contributed by atoms with van der Waals surface area (Å²) < 4.78 is 5.36. The summed E-state index contributed by atoms with van der Waals surface area (Å²) in [4.78, 5) is 21.0. The summed E-state index contributed by atoms with van der Waals surface area (Å²) in [6.07, 6.45) is 1.45. The number of aromatic nitrogens is 2. The Balaban J connectivity index is 1.73. The molecule has 1 saturated heterocycles. The molecule has 104 valence electrons. The van der Waals surface area contributed by atoms with Crippen molar-refractivity contribution in [1.29, 1.82) is 0 Å². The number of benzene rings is 1. The Morgan fingerprint density at radius 1 is 1.35 bits per heavy atom. The molecule has 5 nitrogen and oxygen atoms in total. The van der Waals surface area contributed by atoms with Gasteiger partial charge in [0.2, 0.25) is 5.91 Å². The van der Waals surface area contributed by atoms with Crippen LogP contribution in [0.3, 0.4) is 0 Å². The van der Waals surface area contributed by atoms with Crippen molar-refractivity contribution >= 4 is 16.9 Å². The molecule has 1 amide bonds. The second kappa shape index (κ2) is 5.54. The third kappa shape index (κ3) is 2.63. The maximum Gasteiger partial charge on any atom is 0.249 e. The Morgan fingerprint density at radius 2 is 2.10 bits per heavy atom. The number of ether oxygens (including phenoxy) is 1. The van der Waals surface area contributed by atoms with Crippen LogP contribution >= 0.6 is 0 Å². The van der Waals surface area contributed by atoms with Crippen molar-refractivity contribution in [2.45, 2.75) is 32.4 Å². The van der Waals surface area contributed by atoms with Crippen LogP contribution in [0.5, 0.6) is 0 Å². The average molecular weight is 271 g/mol. The lowest BCUT2D eigenvalue weighted by molar-refractivity contribution is -0.130. The predicted octanol–water partition coefficient (Wildman–Crippen LogP) is 1.73. The van der Waals surface area contributed by atoms with E-state index < -0.39 is 0 Å². The number of rotatable bonds is 3. The number of nitrogens with zero attached hydrogens (tertiary/aromatic N) is 2. The van der Waals surface area contributed by atoms with Crippen molar-refractivity contribution in [1.82, 2.24) is 15.3 Å². The van der Waals surface area contributed by atoms with E-state index in [-0.39, 0.29) is 12.0 Å². The normalized spacial score (nSPS) is 18.4. The first-order valence-corrected chi connectivity index (χ1v) is 6.85. The van der Waals surface area contributed by atoms with E-state index in [9.17, 15) is 4.79 Å². The Morgan fingerprint density at radius 3 is 2.80 bits per heavy atom. The lowest BCUT2D eigenvalue weighted by Gasteiger charge is -2.11. The fourth-order valence-corrected chi connectivity index (χ4v) is 2.36. The molecule has 0 saturated carbocycles. The monoisotopic (exact) mass is 271 g/mol. The number of carbonyl (C=O) groups is 1. The van der Waals surface area contributed by atoms with Gasteiger partial charge in [0.15, 0.2) is 0 Å². The summed E-state index contributed by atoms with van der Waals surface area (Å²) in [5.74, 6) is -0.0585. The van der Waals surface area contributed by atoms with E-state index >= 15 is 0 Å². The van der Waals surface area contributed by atoms with Gasteiger partial charge in [-0.05, 0) is 31.9 Å². The van der Waals surface area contributed by atoms with Crippen LogP contribution in [0.1, 0.15) is 24.2 Å². The minimum atomic E-state index is -0.302. The van der Waals surface area contributed by atoms with E-state index in [0.717, 1.165) is 35.3 Å².